The van der Waals surface area contributed by atoms with Crippen molar-refractivity contribution in [3.63, 3.8) is 0 Å². The molecular weight excluding hydrogens is 436 g/mol. The van der Waals surface area contributed by atoms with Crippen molar-refractivity contribution in [2.75, 3.05) is 11.5 Å². The van der Waals surface area contributed by atoms with E-state index in [4.69, 9.17) is 11.2 Å². The highest BCUT2D eigenvalue weighted by Gasteiger charge is 2.37. The Labute approximate surface area is 176 Å². The fourth-order valence-electron chi connectivity index (χ4n) is 2.97. The maximum Gasteiger partial charge on any atom is 0.335 e. The Morgan fingerprint density at radius 1 is 1.17 bits per heavy atom. The Hall–Kier alpha value is -3.37. The molecule has 0 aliphatic carbocycles. The number of urea groups is 1. The van der Waals surface area contributed by atoms with Crippen molar-refractivity contribution < 1.29 is 19.1 Å². The van der Waals surface area contributed by atoms with E-state index in [0.717, 1.165) is 20.5 Å². The summed E-state index contributed by atoms with van der Waals surface area (Å²) >= 11 is 3.36. The summed E-state index contributed by atoms with van der Waals surface area (Å²) < 4.78 is 6.22. The third-order valence-corrected chi connectivity index (χ3v) is 4.77. The summed E-state index contributed by atoms with van der Waals surface area (Å²) in [7, 11) is 0. The average molecular weight is 453 g/mol. The van der Waals surface area contributed by atoms with E-state index in [1.807, 2.05) is 13.0 Å². The van der Waals surface area contributed by atoms with Crippen molar-refractivity contribution in [3.8, 4) is 18.1 Å². The van der Waals surface area contributed by atoms with Crippen molar-refractivity contribution in [3.05, 3.63) is 63.1 Å². The van der Waals surface area contributed by atoms with Crippen LogP contribution in [0.3, 0.4) is 0 Å². The van der Waals surface area contributed by atoms with Crippen LogP contribution in [0.15, 0.2) is 46.4 Å². The maximum atomic E-state index is 13.1. The molecule has 29 heavy (non-hydrogen) atoms. The lowest BCUT2D eigenvalue weighted by Gasteiger charge is -2.27. The number of ether oxygens (including phenoxy) is 1. The number of barbiturate groups is 1. The molecule has 146 valence electrons. The molecular formula is C22H17BrN2O4. The van der Waals surface area contributed by atoms with Crippen LogP contribution in [0.5, 0.6) is 5.75 Å². The normalized spacial score (nSPS) is 15.3. The van der Waals surface area contributed by atoms with Gasteiger partial charge in [-0.05, 0) is 49.8 Å². The van der Waals surface area contributed by atoms with Crippen molar-refractivity contribution in [2.24, 2.45) is 0 Å². The molecule has 1 aliphatic rings. The second-order valence-corrected chi connectivity index (χ2v) is 7.34. The molecule has 6 nitrogen and oxygen atoms in total. The van der Waals surface area contributed by atoms with Crippen LogP contribution in [0.25, 0.3) is 6.08 Å². The first-order chi connectivity index (χ1) is 13.8. The third kappa shape index (κ3) is 4.23. The van der Waals surface area contributed by atoms with Crippen LogP contribution >= 0.6 is 15.9 Å². The minimum Gasteiger partial charge on any atom is -0.480 e. The zero-order valence-electron chi connectivity index (χ0n) is 15.8. The van der Waals surface area contributed by atoms with E-state index in [-0.39, 0.29) is 12.2 Å². The highest BCUT2D eigenvalue weighted by Crippen LogP contribution is 2.29. The number of halogens is 1. The molecule has 2 aromatic rings. The Morgan fingerprint density at radius 3 is 2.62 bits per heavy atom. The summed E-state index contributed by atoms with van der Waals surface area (Å²) in [5.41, 5.74) is 2.43. The van der Waals surface area contributed by atoms with Gasteiger partial charge in [0.2, 0.25) is 0 Å². The molecule has 0 saturated carbocycles. The standard InChI is InChI=1S/C22H17BrN2O4/c1-4-9-29-19-8-6-16(23)11-15(19)12-17-20(26)24-22(28)25(21(17)27)18-7-5-13(2)10-14(18)3/h1,5-8,10-12H,9H2,2-3H3,(H,24,26,28)/b17-12+. The van der Waals surface area contributed by atoms with E-state index < -0.39 is 17.8 Å². The Bertz CT molecular complexity index is 1100. The molecule has 2 aromatic carbocycles. The van der Waals surface area contributed by atoms with Crippen LogP contribution in [0, 0.1) is 26.2 Å². The predicted molar refractivity (Wildman–Crippen MR) is 113 cm³/mol. The zero-order chi connectivity index (χ0) is 21.1. The van der Waals surface area contributed by atoms with Gasteiger partial charge in [0.1, 0.15) is 17.9 Å². The molecule has 0 spiro atoms. The number of benzene rings is 2. The van der Waals surface area contributed by atoms with Crippen LogP contribution in [-0.4, -0.2) is 24.5 Å². The molecule has 3 rings (SSSR count). The van der Waals surface area contributed by atoms with Gasteiger partial charge in [-0.25, -0.2) is 9.69 Å². The minimum atomic E-state index is -0.790. The van der Waals surface area contributed by atoms with E-state index in [1.165, 1.54) is 6.08 Å². The number of carbonyl (C=O) groups excluding carboxylic acids is 3. The van der Waals surface area contributed by atoms with Crippen molar-refractivity contribution in [1.29, 1.82) is 0 Å². The minimum absolute atomic E-state index is 0.0329. The van der Waals surface area contributed by atoms with E-state index in [2.05, 4.69) is 27.2 Å². The van der Waals surface area contributed by atoms with E-state index in [9.17, 15) is 14.4 Å². The first-order valence-corrected chi connectivity index (χ1v) is 9.45. The lowest BCUT2D eigenvalue weighted by molar-refractivity contribution is -0.122. The van der Waals surface area contributed by atoms with Gasteiger partial charge in [-0.3, -0.25) is 14.9 Å². The molecule has 1 aliphatic heterocycles. The van der Waals surface area contributed by atoms with E-state index in [1.54, 1.807) is 37.3 Å². The Balaban J connectivity index is 2.07. The summed E-state index contributed by atoms with van der Waals surface area (Å²) in [6.45, 7) is 3.74. The topological polar surface area (TPSA) is 75.7 Å². The highest BCUT2D eigenvalue weighted by atomic mass is 79.9. The number of hydrogen-bond acceptors (Lipinski definition) is 4. The van der Waals surface area contributed by atoms with Crippen LogP contribution in [-0.2, 0) is 9.59 Å². The largest absolute Gasteiger partial charge is 0.480 e. The smallest absolute Gasteiger partial charge is 0.335 e. The number of terminal acetylenes is 1. The second kappa shape index (κ2) is 8.33. The van der Waals surface area contributed by atoms with Gasteiger partial charge >= 0.3 is 6.03 Å². The summed E-state index contributed by atoms with van der Waals surface area (Å²) in [5, 5.41) is 2.22. The number of carbonyl (C=O) groups is 3. The predicted octanol–water partition coefficient (Wildman–Crippen LogP) is 3.74. The van der Waals surface area contributed by atoms with Crippen LogP contribution in [0.1, 0.15) is 16.7 Å². The van der Waals surface area contributed by atoms with Crippen molar-refractivity contribution in [2.45, 2.75) is 13.8 Å². The van der Waals surface area contributed by atoms with Gasteiger partial charge in [0.05, 0.1) is 5.69 Å². The van der Waals surface area contributed by atoms with Gasteiger partial charge in [-0.2, -0.15) is 0 Å². The molecule has 1 saturated heterocycles. The maximum absolute atomic E-state index is 13.1. The highest BCUT2D eigenvalue weighted by molar-refractivity contribution is 9.10. The molecule has 0 radical (unpaired) electrons. The Kier molecular flexibility index (Phi) is 5.85. The number of nitrogens with one attached hydrogen (secondary N) is 1. The summed E-state index contributed by atoms with van der Waals surface area (Å²) in [6, 6.07) is 9.65. The zero-order valence-corrected chi connectivity index (χ0v) is 17.4. The molecule has 1 heterocycles. The fourth-order valence-corrected chi connectivity index (χ4v) is 3.35. The summed E-state index contributed by atoms with van der Waals surface area (Å²) in [5.74, 6) is 1.29. The molecule has 0 atom stereocenters. The molecule has 1 N–H and O–H groups in total. The number of rotatable bonds is 4. The molecule has 4 amide bonds. The van der Waals surface area contributed by atoms with Gasteiger partial charge in [0.15, 0.2) is 0 Å². The van der Waals surface area contributed by atoms with Gasteiger partial charge in [-0.15, -0.1) is 6.42 Å². The lowest BCUT2D eigenvalue weighted by atomic mass is 10.0. The first kappa shape index (κ1) is 20.4. The Morgan fingerprint density at radius 2 is 1.93 bits per heavy atom. The molecule has 0 unspecified atom stereocenters. The molecule has 0 bridgehead atoms. The molecule has 0 aromatic heterocycles. The average Bonchev–Trinajstić information content (AvgIpc) is 2.66. The quantitative estimate of drug-likeness (QED) is 0.435. The number of amides is 4. The monoisotopic (exact) mass is 452 g/mol. The fraction of sp³-hybridized carbons (Fsp3) is 0.136. The number of nitrogens with zero attached hydrogens (tertiary/aromatic N) is 1. The summed E-state index contributed by atoms with van der Waals surface area (Å²) in [4.78, 5) is 38.9. The number of anilines is 1. The summed E-state index contributed by atoms with van der Waals surface area (Å²) in [6.07, 6.45) is 6.63. The van der Waals surface area contributed by atoms with Crippen LogP contribution in [0.2, 0.25) is 0 Å². The molecule has 1 fully saturated rings. The number of imide groups is 2. The van der Waals surface area contributed by atoms with Crippen LogP contribution in [0.4, 0.5) is 10.5 Å². The SMILES string of the molecule is C#CCOc1ccc(Br)cc1/C=C1\C(=O)NC(=O)N(c2ccc(C)cc2C)C1=O. The second-order valence-electron chi connectivity index (χ2n) is 6.42. The lowest BCUT2D eigenvalue weighted by Crippen LogP contribution is -2.54. The third-order valence-electron chi connectivity index (χ3n) is 4.28. The number of aryl methyl sites for hydroxylation is 2. The van der Waals surface area contributed by atoms with Gasteiger partial charge in [0.25, 0.3) is 11.8 Å². The van der Waals surface area contributed by atoms with Crippen molar-refractivity contribution >= 4 is 45.5 Å². The van der Waals surface area contributed by atoms with E-state index in [0.29, 0.717) is 17.0 Å². The van der Waals surface area contributed by atoms with Gasteiger partial charge < -0.3 is 4.74 Å². The van der Waals surface area contributed by atoms with Crippen molar-refractivity contribution in [1.82, 2.24) is 5.32 Å². The van der Waals surface area contributed by atoms with E-state index >= 15 is 0 Å². The van der Waals surface area contributed by atoms with Gasteiger partial charge in [-0.1, -0.05) is 39.5 Å². The number of hydrogen-bond donors (Lipinski definition) is 1. The molecule has 7 heteroatoms. The van der Waals surface area contributed by atoms with Gasteiger partial charge in [0, 0.05) is 10.0 Å². The first-order valence-electron chi connectivity index (χ1n) is 8.66. The van der Waals surface area contributed by atoms with Crippen LogP contribution < -0.4 is 15.0 Å².